The van der Waals surface area contributed by atoms with E-state index in [9.17, 15) is 13.2 Å². The summed E-state index contributed by atoms with van der Waals surface area (Å²) in [6.07, 6.45) is 1.71. The Kier molecular flexibility index (Phi) is 7.06. The Hall–Kier alpha value is -3.87. The highest BCUT2D eigenvalue weighted by atomic mass is 19.2. The van der Waals surface area contributed by atoms with E-state index in [4.69, 9.17) is 0 Å². The molecule has 0 aromatic heterocycles. The fourth-order valence-electron chi connectivity index (χ4n) is 4.19. The minimum atomic E-state index is -2.18. The summed E-state index contributed by atoms with van der Waals surface area (Å²) >= 11 is 0. The lowest BCUT2D eigenvalue weighted by Crippen LogP contribution is -2.49. The van der Waals surface area contributed by atoms with Crippen LogP contribution in [-0.2, 0) is 0 Å². The molecule has 1 radical (unpaired) electrons. The average Bonchev–Trinajstić information content (AvgIpc) is 2.89. The first kappa shape index (κ1) is 24.3. The standard InChI is InChI=1S/C28H21BF5N/c1-35(2)22-16-10-9-15-20(22)29(23-24(30)26(32)28(34)27(33)25(23)31)21(19-13-7-4-8-14-19)17-18-11-5-3-6-12-18/h3-17H,1-2H3/q-1/b21-17+. The Labute approximate surface area is 201 Å². The van der Waals surface area contributed by atoms with Crippen molar-refractivity contribution in [2.45, 2.75) is 0 Å². The average molecular weight is 477 g/mol. The van der Waals surface area contributed by atoms with Crippen LogP contribution in [0, 0.1) is 29.1 Å². The van der Waals surface area contributed by atoms with Crippen molar-refractivity contribution in [1.82, 2.24) is 0 Å². The van der Waals surface area contributed by atoms with E-state index in [2.05, 4.69) is 0 Å². The van der Waals surface area contributed by atoms with Gasteiger partial charge < -0.3 is 4.90 Å². The molecule has 0 aliphatic heterocycles. The van der Waals surface area contributed by atoms with Gasteiger partial charge in [0.15, 0.2) is 17.5 Å². The molecule has 4 rings (SSSR count). The van der Waals surface area contributed by atoms with Crippen LogP contribution in [0.4, 0.5) is 27.6 Å². The molecule has 0 spiro atoms. The van der Waals surface area contributed by atoms with E-state index in [1.165, 1.54) is 0 Å². The summed E-state index contributed by atoms with van der Waals surface area (Å²) in [4.78, 5) is 1.74. The molecule has 0 N–H and O–H groups in total. The maximum absolute atomic E-state index is 15.3. The van der Waals surface area contributed by atoms with Crippen molar-refractivity contribution in [3.05, 3.63) is 125 Å². The largest absolute Gasteiger partial charge is 0.380 e. The van der Waals surface area contributed by atoms with E-state index < -0.39 is 41.3 Å². The number of benzene rings is 4. The topological polar surface area (TPSA) is 3.24 Å². The molecular formula is C28H21BF5N-. The molecule has 0 saturated carbocycles. The molecule has 0 unspecified atom stereocenters. The van der Waals surface area contributed by atoms with Crippen LogP contribution in [0.5, 0.6) is 0 Å². The molecule has 1 nitrogen and oxygen atoms in total. The van der Waals surface area contributed by atoms with Crippen LogP contribution in [0.3, 0.4) is 0 Å². The van der Waals surface area contributed by atoms with Gasteiger partial charge in [0.25, 0.3) is 0 Å². The maximum atomic E-state index is 15.3. The quantitative estimate of drug-likeness (QED) is 0.111. The number of anilines is 1. The van der Waals surface area contributed by atoms with Crippen LogP contribution in [0.2, 0.25) is 0 Å². The highest BCUT2D eigenvalue weighted by Gasteiger charge is 2.27. The van der Waals surface area contributed by atoms with E-state index in [0.717, 1.165) is 0 Å². The van der Waals surface area contributed by atoms with E-state index in [-0.39, 0.29) is 0 Å². The van der Waals surface area contributed by atoms with Crippen LogP contribution in [0.15, 0.2) is 84.9 Å². The van der Waals surface area contributed by atoms with Crippen molar-refractivity contribution < 1.29 is 22.0 Å². The third-order valence-corrected chi connectivity index (χ3v) is 5.80. The summed E-state index contributed by atoms with van der Waals surface area (Å²) in [5, 5.41) is 0. The van der Waals surface area contributed by atoms with Gasteiger partial charge in [-0.2, -0.15) is 5.46 Å². The van der Waals surface area contributed by atoms with Gasteiger partial charge in [-0.05, 0) is 24.0 Å². The third-order valence-electron chi connectivity index (χ3n) is 5.80. The van der Waals surface area contributed by atoms with Crippen molar-refractivity contribution in [3.8, 4) is 0 Å². The smallest absolute Gasteiger partial charge is 0.200 e. The zero-order valence-corrected chi connectivity index (χ0v) is 19.1. The summed E-state index contributed by atoms with van der Waals surface area (Å²) in [5.41, 5.74) is 1.75. The van der Waals surface area contributed by atoms with Gasteiger partial charge in [0.05, 0.1) is 0 Å². The number of rotatable bonds is 6. The molecule has 4 aromatic rings. The molecule has 0 saturated heterocycles. The molecule has 0 aliphatic carbocycles. The molecule has 0 bridgehead atoms. The molecule has 4 aromatic carbocycles. The van der Waals surface area contributed by atoms with E-state index in [1.54, 1.807) is 104 Å². The lowest BCUT2D eigenvalue weighted by molar-refractivity contribution is 0.384. The molecule has 0 heterocycles. The SMILES string of the molecule is CN(C)c1ccccc1[B-](/C(=C/c1ccccc1)c1ccccc1)c1c(F)c(F)c(F)c(F)c1F. The zero-order chi connectivity index (χ0) is 25.1. The summed E-state index contributed by atoms with van der Waals surface area (Å²) in [7, 11) is 3.50. The van der Waals surface area contributed by atoms with Gasteiger partial charge in [-0.1, -0.05) is 90.5 Å². The van der Waals surface area contributed by atoms with Crippen molar-refractivity contribution in [2.24, 2.45) is 0 Å². The van der Waals surface area contributed by atoms with Gasteiger partial charge in [0, 0.05) is 14.1 Å². The van der Waals surface area contributed by atoms with Crippen LogP contribution >= 0.6 is 0 Å². The van der Waals surface area contributed by atoms with Crippen molar-refractivity contribution in [2.75, 3.05) is 19.0 Å². The summed E-state index contributed by atoms with van der Waals surface area (Å²) in [6.45, 7) is -1.30. The number of para-hydroxylation sites is 1. The number of halogens is 5. The summed E-state index contributed by atoms with van der Waals surface area (Å²) in [5.74, 6) is -9.84. The Balaban J connectivity index is 2.14. The monoisotopic (exact) mass is 477 g/mol. The lowest BCUT2D eigenvalue weighted by Gasteiger charge is -2.37. The molecule has 7 heteroatoms. The molecule has 0 aliphatic rings. The van der Waals surface area contributed by atoms with Crippen molar-refractivity contribution in [1.29, 1.82) is 0 Å². The Bertz CT molecular complexity index is 1340. The molecule has 177 valence electrons. The van der Waals surface area contributed by atoms with Crippen LogP contribution in [0.1, 0.15) is 11.1 Å². The second kappa shape index (κ2) is 10.2. The van der Waals surface area contributed by atoms with E-state index in [0.29, 0.717) is 27.7 Å². The summed E-state index contributed by atoms with van der Waals surface area (Å²) in [6, 6.07) is 24.6. The van der Waals surface area contributed by atoms with Gasteiger partial charge >= 0.3 is 0 Å². The molecule has 35 heavy (non-hydrogen) atoms. The zero-order valence-electron chi connectivity index (χ0n) is 19.1. The van der Waals surface area contributed by atoms with Gasteiger partial charge in [-0.15, -0.1) is 0 Å². The number of hydrogen-bond acceptors (Lipinski definition) is 1. The van der Waals surface area contributed by atoms with Gasteiger partial charge in [-0.25, -0.2) is 32.9 Å². The Morgan fingerprint density at radius 1 is 0.629 bits per heavy atom. The molecular weight excluding hydrogens is 456 g/mol. The summed E-state index contributed by atoms with van der Waals surface area (Å²) < 4.78 is 73.5. The first-order chi connectivity index (χ1) is 16.8. The predicted molar refractivity (Wildman–Crippen MR) is 133 cm³/mol. The van der Waals surface area contributed by atoms with E-state index >= 15 is 8.78 Å². The van der Waals surface area contributed by atoms with Gasteiger partial charge in [0.2, 0.25) is 0 Å². The first-order valence-corrected chi connectivity index (χ1v) is 10.9. The number of hydrogen-bond donors (Lipinski definition) is 0. The Morgan fingerprint density at radius 3 is 1.69 bits per heavy atom. The van der Waals surface area contributed by atoms with Crippen molar-refractivity contribution >= 4 is 34.9 Å². The minimum absolute atomic E-state index is 0.384. The third kappa shape index (κ3) is 4.71. The fourth-order valence-corrected chi connectivity index (χ4v) is 4.19. The highest BCUT2D eigenvalue weighted by molar-refractivity contribution is 7.01. The maximum Gasteiger partial charge on any atom is 0.200 e. The van der Waals surface area contributed by atoms with Crippen LogP contribution in [0.25, 0.3) is 11.5 Å². The minimum Gasteiger partial charge on any atom is -0.380 e. The fraction of sp³-hybridized carbons (Fsp3) is 0.0714. The van der Waals surface area contributed by atoms with Gasteiger partial charge in [0.1, 0.15) is 11.6 Å². The second-order valence-corrected chi connectivity index (χ2v) is 8.25. The molecule has 0 atom stereocenters. The van der Waals surface area contributed by atoms with Crippen molar-refractivity contribution in [3.63, 3.8) is 0 Å². The number of nitrogens with zero attached hydrogens (tertiary/aromatic N) is 1. The molecule has 0 amide bonds. The molecule has 0 fully saturated rings. The Morgan fingerprint density at radius 2 is 1.11 bits per heavy atom. The highest BCUT2D eigenvalue weighted by Crippen LogP contribution is 2.27. The van der Waals surface area contributed by atoms with Gasteiger partial charge in [-0.3, -0.25) is 0 Å². The second-order valence-electron chi connectivity index (χ2n) is 8.25. The lowest BCUT2D eigenvalue weighted by atomic mass is 9.34. The van der Waals surface area contributed by atoms with Crippen LogP contribution < -0.4 is 15.8 Å². The first-order valence-electron chi connectivity index (χ1n) is 10.9. The van der Waals surface area contributed by atoms with Crippen LogP contribution in [-0.4, -0.2) is 20.8 Å². The normalized spacial score (nSPS) is 11.7. The van der Waals surface area contributed by atoms with E-state index in [1.807, 2.05) is 6.07 Å². The predicted octanol–water partition coefficient (Wildman–Crippen LogP) is 5.84.